The number of hydrogen-bond acceptors (Lipinski definition) is 6. The van der Waals surface area contributed by atoms with Crippen molar-refractivity contribution in [2.45, 2.75) is 0 Å². The first-order valence-electron chi connectivity index (χ1n) is 5.96. The third kappa shape index (κ3) is 15.8. The molecule has 0 N–H and O–H groups in total. The molecule has 0 saturated heterocycles. The van der Waals surface area contributed by atoms with E-state index < -0.39 is 0 Å². The average molecular weight is 264 g/mol. The largest absolute Gasteiger partial charge is 0.379 e. The van der Waals surface area contributed by atoms with Crippen LogP contribution in [0.15, 0.2) is 0 Å². The maximum absolute atomic E-state index is 5.15. The Hall–Kier alpha value is -0.240. The Morgan fingerprint density at radius 1 is 0.444 bits per heavy atom. The minimum atomic E-state index is 0.238. The first-order chi connectivity index (χ1) is 8.91. The van der Waals surface area contributed by atoms with E-state index in [4.69, 9.17) is 28.4 Å². The molecule has 0 spiro atoms. The smallest absolute Gasteiger partial charge is 0.146 e. The molecular weight excluding hydrogens is 240 g/mol. The van der Waals surface area contributed by atoms with E-state index in [9.17, 15) is 0 Å². The first-order valence-corrected chi connectivity index (χ1v) is 5.96. The summed E-state index contributed by atoms with van der Waals surface area (Å²) in [4.78, 5) is 0. The summed E-state index contributed by atoms with van der Waals surface area (Å²) >= 11 is 0. The fourth-order valence-corrected chi connectivity index (χ4v) is 0.911. The highest BCUT2D eigenvalue weighted by Crippen LogP contribution is 1.84. The van der Waals surface area contributed by atoms with E-state index in [-0.39, 0.29) is 13.6 Å². The molecule has 0 aromatic heterocycles. The molecule has 0 unspecified atom stereocenters. The van der Waals surface area contributed by atoms with Crippen molar-refractivity contribution in [1.82, 2.24) is 0 Å². The first kappa shape index (κ1) is 17.8. The highest BCUT2D eigenvalue weighted by Gasteiger charge is 1.92. The van der Waals surface area contributed by atoms with Gasteiger partial charge in [0.25, 0.3) is 0 Å². The number of hydrogen-bond donors (Lipinski definition) is 0. The third-order valence-corrected chi connectivity index (χ3v) is 1.74. The van der Waals surface area contributed by atoms with Crippen LogP contribution in [0.3, 0.4) is 0 Å². The van der Waals surface area contributed by atoms with E-state index in [2.05, 4.69) is 13.8 Å². The van der Waals surface area contributed by atoms with Crippen molar-refractivity contribution in [2.75, 3.05) is 66.4 Å². The summed E-state index contributed by atoms with van der Waals surface area (Å²) in [6.07, 6.45) is 0. The molecule has 0 atom stereocenters. The van der Waals surface area contributed by atoms with Gasteiger partial charge in [-0.1, -0.05) is 0 Å². The summed E-state index contributed by atoms with van der Waals surface area (Å²) in [6.45, 7) is 11.5. The topological polar surface area (TPSA) is 55.4 Å². The molecule has 0 aliphatic heterocycles. The van der Waals surface area contributed by atoms with Crippen molar-refractivity contribution in [1.29, 1.82) is 0 Å². The molecule has 6 nitrogen and oxygen atoms in total. The molecule has 0 bridgehead atoms. The standard InChI is InChI=1S/C12H24O6/c1-3-13-5-7-15-11-17-9-10-18-12-16-8-6-14-4-2/h1-12H2. The molecule has 0 rings (SSSR count). The summed E-state index contributed by atoms with van der Waals surface area (Å²) in [5, 5.41) is 0. The van der Waals surface area contributed by atoms with Gasteiger partial charge in [0.1, 0.15) is 13.6 Å². The van der Waals surface area contributed by atoms with Crippen LogP contribution in [0.25, 0.3) is 0 Å². The lowest BCUT2D eigenvalue weighted by Gasteiger charge is -2.07. The molecular formula is C12H24O6. The Balaban J connectivity index is 2.86. The van der Waals surface area contributed by atoms with Crippen molar-refractivity contribution in [3.8, 4) is 0 Å². The zero-order chi connectivity index (χ0) is 13.3. The van der Waals surface area contributed by atoms with Gasteiger partial charge in [0.05, 0.1) is 39.6 Å². The third-order valence-electron chi connectivity index (χ3n) is 1.74. The second-order valence-corrected chi connectivity index (χ2v) is 3.09. The van der Waals surface area contributed by atoms with E-state index >= 15 is 0 Å². The fraction of sp³-hybridized carbons (Fsp3) is 0.833. The minimum Gasteiger partial charge on any atom is -0.379 e. The molecule has 0 aromatic rings. The van der Waals surface area contributed by atoms with Crippen LogP contribution < -0.4 is 0 Å². The van der Waals surface area contributed by atoms with Crippen LogP contribution in [0.2, 0.25) is 0 Å². The molecule has 0 aliphatic carbocycles. The van der Waals surface area contributed by atoms with Crippen molar-refractivity contribution < 1.29 is 28.4 Å². The van der Waals surface area contributed by atoms with Gasteiger partial charge in [-0.2, -0.15) is 0 Å². The van der Waals surface area contributed by atoms with Crippen molar-refractivity contribution in [3.05, 3.63) is 13.8 Å². The average Bonchev–Trinajstić information content (AvgIpc) is 2.39. The molecule has 0 amide bonds. The summed E-state index contributed by atoms with van der Waals surface area (Å²) < 4.78 is 30.5. The highest BCUT2D eigenvalue weighted by molar-refractivity contribution is 4.32. The van der Waals surface area contributed by atoms with Crippen LogP contribution in [0.1, 0.15) is 0 Å². The van der Waals surface area contributed by atoms with E-state index in [1.807, 2.05) is 0 Å². The zero-order valence-electron chi connectivity index (χ0n) is 10.9. The normalized spacial score (nSPS) is 11.0. The predicted molar refractivity (Wildman–Crippen MR) is 65.9 cm³/mol. The molecule has 0 heterocycles. The Labute approximate surface area is 109 Å². The van der Waals surface area contributed by atoms with Crippen LogP contribution in [0.5, 0.6) is 0 Å². The highest BCUT2D eigenvalue weighted by atomic mass is 16.7. The lowest BCUT2D eigenvalue weighted by molar-refractivity contribution is -0.108. The lowest BCUT2D eigenvalue weighted by atomic mass is 10.7. The summed E-state index contributed by atoms with van der Waals surface area (Å²) in [5.41, 5.74) is 0. The Morgan fingerprint density at radius 3 is 1.00 bits per heavy atom. The SMILES string of the molecule is [CH2]COCCOCOCCOCOCCOC[CH2]. The molecule has 0 aromatic carbocycles. The molecule has 108 valence electrons. The maximum Gasteiger partial charge on any atom is 0.146 e. The number of ether oxygens (including phenoxy) is 6. The van der Waals surface area contributed by atoms with E-state index in [0.717, 1.165) is 0 Å². The molecule has 0 saturated carbocycles. The van der Waals surface area contributed by atoms with E-state index in [1.54, 1.807) is 0 Å². The van der Waals surface area contributed by atoms with Crippen molar-refractivity contribution >= 4 is 0 Å². The van der Waals surface area contributed by atoms with Gasteiger partial charge in [-0.05, 0) is 13.8 Å². The van der Waals surface area contributed by atoms with Crippen LogP contribution >= 0.6 is 0 Å². The van der Waals surface area contributed by atoms with Gasteiger partial charge in [0.15, 0.2) is 0 Å². The molecule has 0 aliphatic rings. The van der Waals surface area contributed by atoms with E-state index in [0.29, 0.717) is 52.9 Å². The number of rotatable bonds is 15. The summed E-state index contributed by atoms with van der Waals surface area (Å²) in [5.74, 6) is 0. The van der Waals surface area contributed by atoms with Gasteiger partial charge in [-0.25, -0.2) is 0 Å². The Kier molecular flexibility index (Phi) is 16.5. The fourth-order valence-electron chi connectivity index (χ4n) is 0.911. The lowest BCUT2D eigenvalue weighted by Crippen LogP contribution is -2.12. The summed E-state index contributed by atoms with van der Waals surface area (Å²) in [6, 6.07) is 0. The minimum absolute atomic E-state index is 0.238. The van der Waals surface area contributed by atoms with Gasteiger partial charge in [-0.3, -0.25) is 0 Å². The van der Waals surface area contributed by atoms with Gasteiger partial charge < -0.3 is 28.4 Å². The monoisotopic (exact) mass is 264 g/mol. The second-order valence-electron chi connectivity index (χ2n) is 3.09. The van der Waals surface area contributed by atoms with Gasteiger partial charge in [0.2, 0.25) is 0 Å². The quantitative estimate of drug-likeness (QED) is 0.320. The molecule has 18 heavy (non-hydrogen) atoms. The van der Waals surface area contributed by atoms with E-state index in [1.165, 1.54) is 0 Å². The maximum atomic E-state index is 5.15. The van der Waals surface area contributed by atoms with Crippen LogP contribution in [0, 0.1) is 13.8 Å². The second kappa shape index (κ2) is 16.8. The molecule has 2 radical (unpaired) electrons. The predicted octanol–water partition coefficient (Wildman–Crippen LogP) is 0.669. The zero-order valence-corrected chi connectivity index (χ0v) is 10.9. The summed E-state index contributed by atoms with van der Waals surface area (Å²) in [7, 11) is 0. The van der Waals surface area contributed by atoms with Gasteiger partial charge >= 0.3 is 0 Å². The Bertz CT molecular complexity index is 129. The van der Waals surface area contributed by atoms with Crippen molar-refractivity contribution in [2.24, 2.45) is 0 Å². The molecule has 6 heteroatoms. The Morgan fingerprint density at radius 2 is 0.722 bits per heavy atom. The van der Waals surface area contributed by atoms with Crippen LogP contribution in [-0.2, 0) is 28.4 Å². The van der Waals surface area contributed by atoms with Gasteiger partial charge in [-0.15, -0.1) is 0 Å². The van der Waals surface area contributed by atoms with Gasteiger partial charge in [0, 0.05) is 13.2 Å². The van der Waals surface area contributed by atoms with Crippen LogP contribution in [0.4, 0.5) is 0 Å². The van der Waals surface area contributed by atoms with Crippen LogP contribution in [-0.4, -0.2) is 66.4 Å². The molecule has 0 fully saturated rings. The van der Waals surface area contributed by atoms with Crippen molar-refractivity contribution in [3.63, 3.8) is 0 Å².